The molecule has 0 atom stereocenters. The van der Waals surface area contributed by atoms with Crippen molar-refractivity contribution in [2.45, 2.75) is 32.8 Å². The van der Waals surface area contributed by atoms with Gasteiger partial charge in [-0.2, -0.15) is 0 Å². The van der Waals surface area contributed by atoms with E-state index in [1.54, 1.807) is 30.9 Å². The molecule has 0 spiro atoms. The number of hydrogen-bond donors (Lipinski definition) is 1. The lowest BCUT2D eigenvalue weighted by atomic mass is 10.1. The van der Waals surface area contributed by atoms with Gasteiger partial charge in [0.05, 0.1) is 5.69 Å². The van der Waals surface area contributed by atoms with E-state index in [1.807, 2.05) is 12.1 Å². The van der Waals surface area contributed by atoms with Crippen LogP contribution in [0.1, 0.15) is 38.5 Å². The average molecular weight is 396 g/mol. The first-order chi connectivity index (χ1) is 13.6. The van der Waals surface area contributed by atoms with E-state index in [1.165, 1.54) is 22.5 Å². The summed E-state index contributed by atoms with van der Waals surface area (Å²) >= 11 is 1.22. The minimum absolute atomic E-state index is 0.113. The SMILES string of the molecule is COCc1nnc(NC(=O)c2c(C)ccn(-c3cccc4c3CCC4)c2=O)s1. The van der Waals surface area contributed by atoms with Crippen LogP contribution in [0.2, 0.25) is 0 Å². The minimum atomic E-state index is -0.482. The van der Waals surface area contributed by atoms with E-state index >= 15 is 0 Å². The van der Waals surface area contributed by atoms with Gasteiger partial charge in [0.1, 0.15) is 17.2 Å². The van der Waals surface area contributed by atoms with Crippen LogP contribution in [0.3, 0.4) is 0 Å². The molecule has 7 nitrogen and oxygen atoms in total. The molecule has 0 fully saturated rings. The van der Waals surface area contributed by atoms with Crippen LogP contribution >= 0.6 is 11.3 Å². The lowest BCUT2D eigenvalue weighted by molar-refractivity contribution is 0.102. The van der Waals surface area contributed by atoms with E-state index in [9.17, 15) is 9.59 Å². The quantitative estimate of drug-likeness (QED) is 0.717. The Morgan fingerprint density at radius 1 is 1.29 bits per heavy atom. The van der Waals surface area contributed by atoms with Gasteiger partial charge in [-0.15, -0.1) is 10.2 Å². The number of amides is 1. The Bertz CT molecular complexity index is 1100. The third-order valence-electron chi connectivity index (χ3n) is 4.86. The summed E-state index contributed by atoms with van der Waals surface area (Å²) in [5.41, 5.74) is 3.71. The van der Waals surface area contributed by atoms with Crippen LogP contribution in [0, 0.1) is 6.92 Å². The number of hydrogen-bond acceptors (Lipinski definition) is 6. The number of methoxy groups -OCH3 is 1. The van der Waals surface area contributed by atoms with Crippen molar-refractivity contribution in [1.29, 1.82) is 0 Å². The highest BCUT2D eigenvalue weighted by Crippen LogP contribution is 2.27. The molecule has 0 aliphatic heterocycles. The number of carbonyl (C=O) groups is 1. The van der Waals surface area contributed by atoms with E-state index < -0.39 is 5.91 Å². The van der Waals surface area contributed by atoms with Crippen LogP contribution in [0.5, 0.6) is 0 Å². The highest BCUT2D eigenvalue weighted by atomic mass is 32.1. The Hall–Kier alpha value is -2.84. The monoisotopic (exact) mass is 396 g/mol. The van der Waals surface area contributed by atoms with Crippen LogP contribution in [0.15, 0.2) is 35.3 Å². The van der Waals surface area contributed by atoms with Crippen molar-refractivity contribution < 1.29 is 9.53 Å². The minimum Gasteiger partial charge on any atom is -0.377 e. The Balaban J connectivity index is 1.70. The van der Waals surface area contributed by atoms with E-state index in [4.69, 9.17) is 4.74 Å². The van der Waals surface area contributed by atoms with Gasteiger partial charge in [-0.05, 0) is 55.0 Å². The molecule has 1 aliphatic carbocycles. The fraction of sp³-hybridized carbons (Fsp3) is 0.300. The zero-order valence-corrected chi connectivity index (χ0v) is 16.5. The summed E-state index contributed by atoms with van der Waals surface area (Å²) in [5.74, 6) is -0.482. The Kier molecular flexibility index (Phi) is 5.06. The molecule has 8 heteroatoms. The number of rotatable bonds is 5. The maximum Gasteiger partial charge on any atom is 0.268 e. The number of fused-ring (bicyclic) bond motifs is 1. The second-order valence-electron chi connectivity index (χ2n) is 6.71. The summed E-state index contributed by atoms with van der Waals surface area (Å²) in [7, 11) is 1.57. The molecule has 28 heavy (non-hydrogen) atoms. The number of nitrogens with zero attached hydrogens (tertiary/aromatic N) is 3. The van der Waals surface area contributed by atoms with Crippen molar-refractivity contribution in [3.63, 3.8) is 0 Å². The molecule has 1 amide bonds. The first-order valence-corrected chi connectivity index (χ1v) is 9.86. The second kappa shape index (κ2) is 7.65. The molecule has 0 unspecified atom stereocenters. The normalized spacial score (nSPS) is 12.8. The van der Waals surface area contributed by atoms with E-state index in [0.29, 0.717) is 22.3 Å². The van der Waals surface area contributed by atoms with Crippen molar-refractivity contribution >= 4 is 22.4 Å². The van der Waals surface area contributed by atoms with Crippen LogP contribution < -0.4 is 10.9 Å². The van der Waals surface area contributed by atoms with Crippen molar-refractivity contribution in [3.8, 4) is 5.69 Å². The molecular formula is C20H20N4O3S. The molecule has 0 radical (unpaired) electrons. The number of benzene rings is 1. The zero-order valence-electron chi connectivity index (χ0n) is 15.7. The fourth-order valence-corrected chi connectivity index (χ4v) is 4.27. The van der Waals surface area contributed by atoms with Crippen LogP contribution in [-0.2, 0) is 24.2 Å². The van der Waals surface area contributed by atoms with Gasteiger partial charge >= 0.3 is 0 Å². The van der Waals surface area contributed by atoms with E-state index in [2.05, 4.69) is 21.6 Å². The predicted octanol–water partition coefficient (Wildman–Crippen LogP) is 2.88. The maximum atomic E-state index is 13.2. The van der Waals surface area contributed by atoms with Gasteiger partial charge in [0.25, 0.3) is 11.5 Å². The fourth-order valence-electron chi connectivity index (χ4n) is 3.56. The van der Waals surface area contributed by atoms with Crippen molar-refractivity contribution in [3.05, 3.63) is 68.1 Å². The number of nitrogens with one attached hydrogen (secondary N) is 1. The van der Waals surface area contributed by atoms with Crippen molar-refractivity contribution in [1.82, 2.24) is 14.8 Å². The molecule has 1 aliphatic rings. The molecule has 0 bridgehead atoms. The number of carbonyl (C=O) groups excluding carboxylic acids is 1. The van der Waals surface area contributed by atoms with Gasteiger partial charge in [0.2, 0.25) is 5.13 Å². The van der Waals surface area contributed by atoms with Crippen LogP contribution in [-0.4, -0.2) is 27.8 Å². The predicted molar refractivity (Wildman–Crippen MR) is 107 cm³/mol. The number of pyridine rings is 1. The van der Waals surface area contributed by atoms with Crippen LogP contribution in [0.25, 0.3) is 5.69 Å². The third-order valence-corrected chi connectivity index (χ3v) is 5.68. The zero-order chi connectivity index (χ0) is 19.7. The summed E-state index contributed by atoms with van der Waals surface area (Å²) in [5, 5.41) is 11.6. The van der Waals surface area contributed by atoms with Crippen LogP contribution in [0.4, 0.5) is 5.13 Å². The molecule has 2 aromatic heterocycles. The molecule has 1 aromatic carbocycles. The molecule has 144 valence electrons. The summed E-state index contributed by atoms with van der Waals surface area (Å²) in [4.78, 5) is 26.0. The number of aromatic nitrogens is 3. The third kappa shape index (κ3) is 3.36. The highest BCUT2D eigenvalue weighted by molar-refractivity contribution is 7.15. The van der Waals surface area contributed by atoms with E-state index in [-0.39, 0.29) is 11.1 Å². The topological polar surface area (TPSA) is 86.1 Å². The number of anilines is 1. The van der Waals surface area contributed by atoms with Gasteiger partial charge in [-0.25, -0.2) is 0 Å². The molecule has 0 saturated carbocycles. The van der Waals surface area contributed by atoms with Crippen molar-refractivity contribution in [2.75, 3.05) is 12.4 Å². The first-order valence-electron chi connectivity index (χ1n) is 9.04. The molecule has 3 aromatic rings. The second-order valence-corrected chi connectivity index (χ2v) is 7.77. The smallest absolute Gasteiger partial charge is 0.268 e. The van der Waals surface area contributed by atoms with E-state index in [0.717, 1.165) is 24.9 Å². The molecule has 4 rings (SSSR count). The average Bonchev–Trinajstić information content (AvgIpc) is 3.31. The Labute approximate surface area is 166 Å². The highest BCUT2D eigenvalue weighted by Gasteiger charge is 2.21. The molecule has 0 saturated heterocycles. The van der Waals surface area contributed by atoms with Gasteiger partial charge in [0, 0.05) is 13.3 Å². The van der Waals surface area contributed by atoms with Gasteiger partial charge in [-0.3, -0.25) is 19.5 Å². The summed E-state index contributed by atoms with van der Waals surface area (Å²) < 4.78 is 6.58. The van der Waals surface area contributed by atoms with Gasteiger partial charge in [-0.1, -0.05) is 23.5 Å². The largest absolute Gasteiger partial charge is 0.377 e. The Morgan fingerprint density at radius 3 is 2.96 bits per heavy atom. The number of aryl methyl sites for hydroxylation is 2. The molecular weight excluding hydrogens is 376 g/mol. The Morgan fingerprint density at radius 2 is 2.14 bits per heavy atom. The molecule has 2 heterocycles. The maximum absolute atomic E-state index is 13.2. The first kappa shape index (κ1) is 18.5. The lowest BCUT2D eigenvalue weighted by Crippen LogP contribution is -2.29. The van der Waals surface area contributed by atoms with Crippen molar-refractivity contribution in [2.24, 2.45) is 0 Å². The van der Waals surface area contributed by atoms with Gasteiger partial charge in [0.15, 0.2) is 0 Å². The summed E-state index contributed by atoms with van der Waals surface area (Å²) in [6, 6.07) is 7.79. The molecule has 1 N–H and O–H groups in total. The van der Waals surface area contributed by atoms with Gasteiger partial charge < -0.3 is 4.74 Å². The summed E-state index contributed by atoms with van der Waals surface area (Å²) in [6.07, 6.45) is 4.80. The number of ether oxygens (including phenoxy) is 1. The standard InChI is InChI=1S/C20H20N4O3S/c1-12-9-10-24(15-8-4-6-13-5-3-7-14(13)15)19(26)17(12)18(25)21-20-23-22-16(28-20)11-27-2/h4,6,8-10H,3,5,7,11H2,1-2H3,(H,21,23,25). The summed E-state index contributed by atoms with van der Waals surface area (Å²) in [6.45, 7) is 2.08. The lowest BCUT2D eigenvalue weighted by Gasteiger charge is -2.13.